The molecule has 0 saturated carbocycles. The first-order valence-corrected chi connectivity index (χ1v) is 7.41. The minimum atomic E-state index is 0. The van der Waals surface area contributed by atoms with Gasteiger partial charge in [-0.05, 0) is 25.0 Å². The topological polar surface area (TPSA) is 58.8 Å². The summed E-state index contributed by atoms with van der Waals surface area (Å²) in [6, 6.07) is 3.79. The van der Waals surface area contributed by atoms with E-state index in [9.17, 15) is 0 Å². The number of furan rings is 1. The zero-order valence-electron chi connectivity index (χ0n) is 13.1. The van der Waals surface area contributed by atoms with Crippen molar-refractivity contribution in [1.82, 2.24) is 10.6 Å². The number of halogens is 1. The Bertz CT molecular complexity index is 356. The van der Waals surface area contributed by atoms with Gasteiger partial charge >= 0.3 is 0 Å². The maximum absolute atomic E-state index is 5.51. The molecule has 2 N–H and O–H groups in total. The maximum atomic E-state index is 5.51. The van der Waals surface area contributed by atoms with Crippen LogP contribution in [0.2, 0.25) is 0 Å². The van der Waals surface area contributed by atoms with E-state index in [0.717, 1.165) is 31.2 Å². The van der Waals surface area contributed by atoms with Crippen molar-refractivity contribution < 1.29 is 9.15 Å². The second-order valence-electron chi connectivity index (χ2n) is 4.62. The summed E-state index contributed by atoms with van der Waals surface area (Å²) < 4.78 is 10.7. The van der Waals surface area contributed by atoms with Crippen molar-refractivity contribution in [2.45, 2.75) is 39.2 Å². The van der Waals surface area contributed by atoms with E-state index >= 15 is 0 Å². The molecular weight excluding hydrogens is 381 g/mol. The van der Waals surface area contributed by atoms with Gasteiger partial charge in [0.2, 0.25) is 0 Å². The lowest BCUT2D eigenvalue weighted by Crippen LogP contribution is -2.38. The fourth-order valence-electron chi connectivity index (χ4n) is 1.75. The Kier molecular flexibility index (Phi) is 13.7. The molecule has 0 aliphatic carbocycles. The minimum Gasteiger partial charge on any atom is -0.467 e. The molecule has 0 aromatic carbocycles. The summed E-state index contributed by atoms with van der Waals surface area (Å²) >= 11 is 0. The summed E-state index contributed by atoms with van der Waals surface area (Å²) in [5.41, 5.74) is 0. The summed E-state index contributed by atoms with van der Waals surface area (Å²) in [7, 11) is 1.79. The normalized spacial score (nSPS) is 11.0. The van der Waals surface area contributed by atoms with Gasteiger partial charge in [0.05, 0.1) is 6.26 Å². The first-order valence-electron chi connectivity index (χ1n) is 7.41. The van der Waals surface area contributed by atoms with E-state index < -0.39 is 0 Å². The third-order valence-corrected chi connectivity index (χ3v) is 2.88. The minimum absolute atomic E-state index is 0. The fourth-order valence-corrected chi connectivity index (χ4v) is 1.75. The zero-order valence-corrected chi connectivity index (χ0v) is 15.4. The van der Waals surface area contributed by atoms with Gasteiger partial charge in [0.15, 0.2) is 5.96 Å². The van der Waals surface area contributed by atoms with Crippen molar-refractivity contribution in [2.75, 3.05) is 26.7 Å². The molecule has 0 unspecified atom stereocenters. The van der Waals surface area contributed by atoms with Gasteiger partial charge in [0.25, 0.3) is 0 Å². The fraction of sp³-hybridized carbons (Fsp3) is 0.667. The Labute approximate surface area is 144 Å². The zero-order chi connectivity index (χ0) is 14.5. The molecule has 0 amide bonds. The van der Waals surface area contributed by atoms with E-state index in [-0.39, 0.29) is 24.0 Å². The monoisotopic (exact) mass is 409 g/mol. The van der Waals surface area contributed by atoms with Crippen molar-refractivity contribution in [2.24, 2.45) is 4.99 Å². The van der Waals surface area contributed by atoms with Crippen LogP contribution in [0.3, 0.4) is 0 Å². The molecule has 1 heterocycles. The Morgan fingerprint density at radius 2 is 2.00 bits per heavy atom. The Morgan fingerprint density at radius 3 is 2.62 bits per heavy atom. The van der Waals surface area contributed by atoms with E-state index in [4.69, 9.17) is 9.15 Å². The van der Waals surface area contributed by atoms with Gasteiger partial charge in [-0.2, -0.15) is 0 Å². The van der Waals surface area contributed by atoms with Crippen LogP contribution < -0.4 is 10.6 Å². The number of hydrogen-bond donors (Lipinski definition) is 2. The molecule has 21 heavy (non-hydrogen) atoms. The predicted molar refractivity (Wildman–Crippen MR) is 97.3 cm³/mol. The van der Waals surface area contributed by atoms with Crippen LogP contribution in [0.15, 0.2) is 27.8 Å². The highest BCUT2D eigenvalue weighted by atomic mass is 127. The number of ether oxygens (including phenoxy) is 1. The number of nitrogens with zero attached hydrogens (tertiary/aromatic N) is 1. The second-order valence-corrected chi connectivity index (χ2v) is 4.62. The molecule has 5 nitrogen and oxygen atoms in total. The van der Waals surface area contributed by atoms with E-state index in [0.29, 0.717) is 13.2 Å². The van der Waals surface area contributed by atoms with Crippen LogP contribution in [0.25, 0.3) is 0 Å². The van der Waals surface area contributed by atoms with Gasteiger partial charge in [0, 0.05) is 26.7 Å². The van der Waals surface area contributed by atoms with E-state index in [1.165, 1.54) is 19.3 Å². The van der Waals surface area contributed by atoms with Crippen LogP contribution in [0.4, 0.5) is 0 Å². The smallest absolute Gasteiger partial charge is 0.190 e. The van der Waals surface area contributed by atoms with Crippen LogP contribution >= 0.6 is 24.0 Å². The van der Waals surface area contributed by atoms with Crippen LogP contribution in [-0.4, -0.2) is 32.7 Å². The Morgan fingerprint density at radius 1 is 1.24 bits per heavy atom. The van der Waals surface area contributed by atoms with E-state index in [1.807, 2.05) is 12.1 Å². The average Bonchev–Trinajstić information content (AvgIpc) is 2.98. The van der Waals surface area contributed by atoms with Crippen LogP contribution in [0.1, 0.15) is 38.4 Å². The average molecular weight is 409 g/mol. The summed E-state index contributed by atoms with van der Waals surface area (Å²) in [5.74, 6) is 1.73. The third-order valence-electron chi connectivity index (χ3n) is 2.88. The molecule has 1 aromatic heterocycles. The van der Waals surface area contributed by atoms with E-state index in [2.05, 4.69) is 22.5 Å². The molecule has 0 spiro atoms. The second kappa shape index (κ2) is 14.2. The number of unbranched alkanes of at least 4 members (excludes halogenated alkanes) is 2. The number of hydrogen-bond acceptors (Lipinski definition) is 3. The highest BCUT2D eigenvalue weighted by Crippen LogP contribution is 2.01. The molecule has 0 fully saturated rings. The molecule has 122 valence electrons. The Balaban J connectivity index is 0.00000400. The van der Waals surface area contributed by atoms with Crippen molar-refractivity contribution in [3.05, 3.63) is 24.2 Å². The number of guanidine groups is 1. The first kappa shape index (κ1) is 20.2. The van der Waals surface area contributed by atoms with Crippen LogP contribution in [-0.2, 0) is 11.3 Å². The summed E-state index contributed by atoms with van der Waals surface area (Å²) in [6.45, 7) is 5.28. The molecular formula is C15H28IN3O2. The van der Waals surface area contributed by atoms with Gasteiger partial charge in [-0.3, -0.25) is 4.99 Å². The van der Waals surface area contributed by atoms with Crippen molar-refractivity contribution in [3.63, 3.8) is 0 Å². The standard InChI is InChI=1S/C15H27N3O2.HI/c1-3-4-5-9-17-15(16-2)18-10-7-11-19-13-14-8-6-12-20-14;/h6,8,12H,3-5,7,9-11,13H2,1-2H3,(H2,16,17,18);1H. The largest absolute Gasteiger partial charge is 0.467 e. The lowest BCUT2D eigenvalue weighted by molar-refractivity contribution is 0.105. The molecule has 1 aromatic rings. The lowest BCUT2D eigenvalue weighted by Gasteiger charge is -2.11. The highest BCUT2D eigenvalue weighted by Gasteiger charge is 1.97. The number of nitrogens with one attached hydrogen (secondary N) is 2. The molecule has 6 heteroatoms. The number of rotatable bonds is 10. The molecule has 0 saturated heterocycles. The van der Waals surface area contributed by atoms with Gasteiger partial charge in [-0.15, -0.1) is 24.0 Å². The summed E-state index contributed by atoms with van der Waals surface area (Å²) in [5, 5.41) is 6.58. The first-order chi connectivity index (χ1) is 9.86. The van der Waals surface area contributed by atoms with Crippen LogP contribution in [0.5, 0.6) is 0 Å². The van der Waals surface area contributed by atoms with Gasteiger partial charge in [-0.25, -0.2) is 0 Å². The summed E-state index contributed by atoms with van der Waals surface area (Å²) in [6.07, 6.45) is 6.28. The SMILES string of the molecule is CCCCCNC(=NC)NCCCOCc1ccco1.I. The highest BCUT2D eigenvalue weighted by molar-refractivity contribution is 14.0. The van der Waals surface area contributed by atoms with Crippen molar-refractivity contribution in [1.29, 1.82) is 0 Å². The van der Waals surface area contributed by atoms with Crippen LogP contribution in [0, 0.1) is 0 Å². The molecule has 0 radical (unpaired) electrons. The Hall–Kier alpha value is -0.760. The molecule has 0 bridgehead atoms. The van der Waals surface area contributed by atoms with Crippen molar-refractivity contribution in [3.8, 4) is 0 Å². The van der Waals surface area contributed by atoms with Gasteiger partial charge in [0.1, 0.15) is 12.4 Å². The predicted octanol–water partition coefficient (Wildman–Crippen LogP) is 3.16. The quantitative estimate of drug-likeness (QED) is 0.270. The third kappa shape index (κ3) is 10.6. The molecule has 0 aliphatic rings. The maximum Gasteiger partial charge on any atom is 0.190 e. The molecule has 0 aliphatic heterocycles. The van der Waals surface area contributed by atoms with E-state index in [1.54, 1.807) is 13.3 Å². The van der Waals surface area contributed by atoms with Crippen molar-refractivity contribution >= 4 is 29.9 Å². The number of aliphatic imine (C=N–C) groups is 1. The molecule has 0 atom stereocenters. The van der Waals surface area contributed by atoms with Gasteiger partial charge in [-0.1, -0.05) is 19.8 Å². The van der Waals surface area contributed by atoms with Gasteiger partial charge < -0.3 is 19.8 Å². The molecule has 1 rings (SSSR count). The summed E-state index contributed by atoms with van der Waals surface area (Å²) in [4.78, 5) is 4.18. The lowest BCUT2D eigenvalue weighted by atomic mass is 10.2.